The highest BCUT2D eigenvalue weighted by Gasteiger charge is 2.21. The summed E-state index contributed by atoms with van der Waals surface area (Å²) >= 11 is 0. The number of halogens is 1. The molecule has 0 amide bonds. The van der Waals surface area contributed by atoms with Crippen molar-refractivity contribution in [3.63, 3.8) is 0 Å². The molecule has 202 valence electrons. The van der Waals surface area contributed by atoms with Crippen molar-refractivity contribution in [1.82, 2.24) is 14.9 Å². The van der Waals surface area contributed by atoms with Crippen molar-refractivity contribution >= 4 is 15.4 Å². The van der Waals surface area contributed by atoms with Gasteiger partial charge in [0.25, 0.3) is 0 Å². The highest BCUT2D eigenvalue weighted by molar-refractivity contribution is 7.91. The van der Waals surface area contributed by atoms with Gasteiger partial charge < -0.3 is 9.72 Å². The lowest BCUT2D eigenvalue weighted by Crippen LogP contribution is -2.30. The number of nitrogens with zero attached hydrogens (tertiary/aromatic N) is 2. The van der Waals surface area contributed by atoms with Gasteiger partial charge in [0.05, 0.1) is 22.9 Å². The first kappa shape index (κ1) is 27.0. The molecule has 0 fully saturated rings. The molecule has 8 heteroatoms. The number of ether oxygens (including phenoxy) is 1. The highest BCUT2D eigenvalue weighted by Crippen LogP contribution is 2.39. The fraction of sp³-hybridized carbons (Fsp3) is 0.258. The fourth-order valence-corrected chi connectivity index (χ4v) is 6.13. The second-order valence-corrected chi connectivity index (χ2v) is 11.8. The molecule has 0 saturated carbocycles. The first-order valence-electron chi connectivity index (χ1n) is 13.0. The standard InChI is InChI=1S/C31H32FN3O3S/c1-38-20-21-39(36,37)28-8-2-23(3-9-28)12-17-35-18-13-24(14-19-35)29-22-34-31(26-4-6-27(32)7-5-26)30(29)25-10-15-33-16-11-25/h2-11,13,15-16,22,34H,12,14,17-21H2,1H3. The molecular formula is C31H32FN3O3S. The van der Waals surface area contributed by atoms with Crippen LogP contribution in [0.5, 0.6) is 0 Å². The number of hydrogen-bond acceptors (Lipinski definition) is 5. The Kier molecular flexibility index (Phi) is 8.35. The van der Waals surface area contributed by atoms with Crippen molar-refractivity contribution in [2.75, 3.05) is 39.1 Å². The second-order valence-electron chi connectivity index (χ2n) is 9.68. The summed E-state index contributed by atoms with van der Waals surface area (Å²) in [5.41, 5.74) is 7.63. The molecule has 0 spiro atoms. The van der Waals surface area contributed by atoms with Gasteiger partial charge in [0.15, 0.2) is 9.84 Å². The van der Waals surface area contributed by atoms with E-state index in [4.69, 9.17) is 4.74 Å². The molecule has 1 aliphatic rings. The van der Waals surface area contributed by atoms with Crippen LogP contribution in [-0.4, -0.2) is 62.4 Å². The molecule has 2 aromatic heterocycles. The van der Waals surface area contributed by atoms with Gasteiger partial charge in [-0.05, 0) is 83.6 Å². The van der Waals surface area contributed by atoms with Gasteiger partial charge in [0.2, 0.25) is 0 Å². The van der Waals surface area contributed by atoms with Crippen LogP contribution in [0.4, 0.5) is 4.39 Å². The van der Waals surface area contributed by atoms with Crippen LogP contribution < -0.4 is 0 Å². The number of sulfone groups is 1. The molecule has 1 N–H and O–H groups in total. The summed E-state index contributed by atoms with van der Waals surface area (Å²) in [6.07, 6.45) is 9.69. The van der Waals surface area contributed by atoms with Gasteiger partial charge in [-0.2, -0.15) is 0 Å². The first-order valence-corrected chi connectivity index (χ1v) is 14.7. The van der Waals surface area contributed by atoms with E-state index in [9.17, 15) is 12.8 Å². The molecular weight excluding hydrogens is 513 g/mol. The molecule has 4 aromatic rings. The van der Waals surface area contributed by atoms with E-state index >= 15 is 0 Å². The molecule has 0 atom stereocenters. The van der Waals surface area contributed by atoms with Crippen molar-refractivity contribution in [2.45, 2.75) is 17.7 Å². The summed E-state index contributed by atoms with van der Waals surface area (Å²) in [5.74, 6) is -0.269. The summed E-state index contributed by atoms with van der Waals surface area (Å²) in [4.78, 5) is 10.4. The van der Waals surface area contributed by atoms with Crippen LogP contribution in [0.15, 0.2) is 90.2 Å². The van der Waals surface area contributed by atoms with Crippen molar-refractivity contribution in [2.24, 2.45) is 0 Å². The van der Waals surface area contributed by atoms with E-state index in [1.165, 1.54) is 24.8 Å². The third-order valence-electron chi connectivity index (χ3n) is 7.18. The van der Waals surface area contributed by atoms with Crippen LogP contribution in [0, 0.1) is 5.82 Å². The number of H-pyrrole nitrogens is 1. The van der Waals surface area contributed by atoms with Crippen LogP contribution in [0.3, 0.4) is 0 Å². The molecule has 1 aliphatic heterocycles. The summed E-state index contributed by atoms with van der Waals surface area (Å²) in [7, 11) is -1.81. The summed E-state index contributed by atoms with van der Waals surface area (Å²) in [6.45, 7) is 2.85. The first-order chi connectivity index (χ1) is 18.9. The van der Waals surface area contributed by atoms with Crippen molar-refractivity contribution in [3.8, 4) is 22.4 Å². The van der Waals surface area contributed by atoms with E-state index < -0.39 is 9.84 Å². The number of methoxy groups -OCH3 is 1. The second kappa shape index (κ2) is 12.1. The molecule has 2 aromatic carbocycles. The minimum atomic E-state index is -3.31. The number of aromatic nitrogens is 2. The lowest BCUT2D eigenvalue weighted by atomic mass is 9.92. The van der Waals surface area contributed by atoms with Crippen LogP contribution >= 0.6 is 0 Å². The van der Waals surface area contributed by atoms with Crippen molar-refractivity contribution in [1.29, 1.82) is 0 Å². The maximum Gasteiger partial charge on any atom is 0.180 e. The zero-order chi connectivity index (χ0) is 27.2. The van der Waals surface area contributed by atoms with E-state index in [1.54, 1.807) is 36.7 Å². The molecule has 0 aliphatic carbocycles. The maximum atomic E-state index is 13.6. The molecule has 0 saturated heterocycles. The zero-order valence-corrected chi connectivity index (χ0v) is 22.8. The Morgan fingerprint density at radius 3 is 2.41 bits per heavy atom. The molecule has 0 radical (unpaired) electrons. The maximum absolute atomic E-state index is 13.6. The molecule has 0 unspecified atom stereocenters. The molecule has 5 rings (SSSR count). The SMILES string of the molecule is COCCS(=O)(=O)c1ccc(CCN2CC=C(c3c[nH]c(-c4ccc(F)cc4)c3-c3ccncc3)CC2)cc1. The number of aromatic amines is 1. The van der Waals surface area contributed by atoms with Gasteiger partial charge in [-0.3, -0.25) is 9.88 Å². The largest absolute Gasteiger partial charge is 0.384 e. The van der Waals surface area contributed by atoms with E-state index in [1.807, 2.05) is 24.3 Å². The predicted molar refractivity (Wildman–Crippen MR) is 153 cm³/mol. The Morgan fingerprint density at radius 2 is 1.74 bits per heavy atom. The Balaban J connectivity index is 1.28. The van der Waals surface area contributed by atoms with Gasteiger partial charge in [0, 0.05) is 56.5 Å². The normalized spacial score (nSPS) is 14.4. The molecule has 3 heterocycles. The molecule has 6 nitrogen and oxygen atoms in total. The Labute approximate surface area is 229 Å². The highest BCUT2D eigenvalue weighted by atomic mass is 32.2. The Bertz CT molecular complexity index is 1530. The Hall–Kier alpha value is -3.59. The Morgan fingerprint density at radius 1 is 1.00 bits per heavy atom. The minimum absolute atomic E-state index is 0.0132. The lowest BCUT2D eigenvalue weighted by molar-refractivity contribution is 0.217. The number of benzene rings is 2. The average molecular weight is 546 g/mol. The number of rotatable bonds is 10. The van der Waals surface area contributed by atoms with E-state index in [0.29, 0.717) is 4.90 Å². The van der Waals surface area contributed by atoms with E-state index in [2.05, 4.69) is 27.1 Å². The number of hydrogen-bond donors (Lipinski definition) is 1. The summed E-state index contributed by atoms with van der Waals surface area (Å²) < 4.78 is 43.2. The van der Waals surface area contributed by atoms with Crippen LogP contribution in [0.25, 0.3) is 28.0 Å². The third kappa shape index (κ3) is 6.36. The minimum Gasteiger partial charge on any atom is -0.384 e. The van der Waals surface area contributed by atoms with Crippen LogP contribution in [0.1, 0.15) is 17.5 Å². The third-order valence-corrected chi connectivity index (χ3v) is 8.87. The average Bonchev–Trinajstić information content (AvgIpc) is 3.41. The van der Waals surface area contributed by atoms with Gasteiger partial charge >= 0.3 is 0 Å². The van der Waals surface area contributed by atoms with Crippen LogP contribution in [0.2, 0.25) is 0 Å². The summed E-state index contributed by atoms with van der Waals surface area (Å²) in [6, 6.07) is 17.8. The monoisotopic (exact) mass is 545 g/mol. The van der Waals surface area contributed by atoms with Crippen LogP contribution in [-0.2, 0) is 21.0 Å². The topological polar surface area (TPSA) is 75.3 Å². The van der Waals surface area contributed by atoms with Gasteiger partial charge in [0.1, 0.15) is 5.82 Å². The van der Waals surface area contributed by atoms with Gasteiger partial charge in [-0.1, -0.05) is 18.2 Å². The predicted octanol–water partition coefficient (Wildman–Crippen LogP) is 5.63. The fourth-order valence-electron chi connectivity index (χ4n) is 4.96. The lowest BCUT2D eigenvalue weighted by Gasteiger charge is -2.26. The number of pyridine rings is 1. The van der Waals surface area contributed by atoms with E-state index in [0.717, 1.165) is 66.0 Å². The van der Waals surface area contributed by atoms with Crippen molar-refractivity contribution in [3.05, 3.63) is 102 Å². The smallest absolute Gasteiger partial charge is 0.180 e. The molecule has 0 bridgehead atoms. The van der Waals surface area contributed by atoms with Crippen molar-refractivity contribution < 1.29 is 17.5 Å². The van der Waals surface area contributed by atoms with Gasteiger partial charge in [-0.15, -0.1) is 0 Å². The zero-order valence-electron chi connectivity index (χ0n) is 21.9. The summed E-state index contributed by atoms with van der Waals surface area (Å²) in [5, 5.41) is 0. The number of nitrogens with one attached hydrogen (secondary N) is 1. The quantitative estimate of drug-likeness (QED) is 0.279. The molecule has 39 heavy (non-hydrogen) atoms. The van der Waals surface area contributed by atoms with E-state index in [-0.39, 0.29) is 18.2 Å². The van der Waals surface area contributed by atoms with Gasteiger partial charge in [-0.25, -0.2) is 12.8 Å².